The van der Waals surface area contributed by atoms with Crippen LogP contribution >= 0.6 is 0 Å². The smallest absolute Gasteiger partial charge is 0.344 e. The van der Waals surface area contributed by atoms with Crippen LogP contribution in [0.15, 0.2) is 194 Å². The molecular formula is C50H34O4. The van der Waals surface area contributed by atoms with Crippen LogP contribution in [0.1, 0.15) is 22.3 Å². The fourth-order valence-electron chi connectivity index (χ4n) is 6.69. The molecule has 4 heteroatoms. The minimum absolute atomic E-state index is 0.338. The first-order valence-electron chi connectivity index (χ1n) is 17.7. The third-order valence-corrected chi connectivity index (χ3v) is 9.27. The van der Waals surface area contributed by atoms with Crippen molar-refractivity contribution in [3.63, 3.8) is 0 Å². The molecule has 0 saturated carbocycles. The first-order valence-corrected chi connectivity index (χ1v) is 17.7. The molecule has 54 heavy (non-hydrogen) atoms. The SMILES string of the molecule is O=C(Oc1ccc2ccccc2c1-c1c(OC(=O)/C(=C/c2ccccc2)c2ccccc2)ccc2ccccc12)/C(=C/c1ccccc1)c1ccccc1. The number of carbonyl (C=O) groups is 2. The molecule has 0 aromatic heterocycles. The molecule has 0 fully saturated rings. The lowest BCUT2D eigenvalue weighted by Gasteiger charge is -2.19. The number of carbonyl (C=O) groups excluding carboxylic acids is 2. The maximum Gasteiger partial charge on any atom is 0.344 e. The van der Waals surface area contributed by atoms with E-state index in [2.05, 4.69) is 0 Å². The van der Waals surface area contributed by atoms with Gasteiger partial charge >= 0.3 is 11.9 Å². The minimum Gasteiger partial charge on any atom is -0.422 e. The van der Waals surface area contributed by atoms with Gasteiger partial charge in [-0.1, -0.05) is 182 Å². The third-order valence-electron chi connectivity index (χ3n) is 9.27. The summed E-state index contributed by atoms with van der Waals surface area (Å²) >= 11 is 0. The predicted octanol–water partition coefficient (Wildman–Crippen LogP) is 12.0. The van der Waals surface area contributed by atoms with E-state index in [9.17, 15) is 9.59 Å². The molecule has 8 rings (SSSR count). The van der Waals surface area contributed by atoms with Gasteiger partial charge < -0.3 is 9.47 Å². The average Bonchev–Trinajstić information content (AvgIpc) is 3.23. The summed E-state index contributed by atoms with van der Waals surface area (Å²) in [6.45, 7) is 0. The van der Waals surface area contributed by atoms with Crippen molar-refractivity contribution in [3.8, 4) is 22.6 Å². The normalized spacial score (nSPS) is 11.7. The number of rotatable bonds is 9. The number of benzene rings is 8. The Morgan fingerprint density at radius 2 is 0.685 bits per heavy atom. The Morgan fingerprint density at radius 3 is 1.07 bits per heavy atom. The molecular weight excluding hydrogens is 665 g/mol. The van der Waals surface area contributed by atoms with Crippen molar-refractivity contribution in [2.75, 3.05) is 0 Å². The molecule has 4 nitrogen and oxygen atoms in total. The summed E-state index contributed by atoms with van der Waals surface area (Å²) in [4.78, 5) is 28.8. The van der Waals surface area contributed by atoms with Crippen LogP contribution in [0.25, 0.3) is 56.0 Å². The van der Waals surface area contributed by atoms with E-state index in [1.807, 2.05) is 206 Å². The van der Waals surface area contributed by atoms with Crippen LogP contribution in [0, 0.1) is 0 Å². The zero-order valence-electron chi connectivity index (χ0n) is 29.3. The maximum absolute atomic E-state index is 14.4. The average molecular weight is 699 g/mol. The zero-order valence-corrected chi connectivity index (χ0v) is 29.3. The Labute approximate surface area is 313 Å². The number of ether oxygens (including phenoxy) is 2. The second kappa shape index (κ2) is 15.5. The summed E-state index contributed by atoms with van der Waals surface area (Å²) in [5.74, 6) is -0.356. The molecule has 0 aliphatic carbocycles. The van der Waals surface area contributed by atoms with Crippen molar-refractivity contribution < 1.29 is 19.1 Å². The van der Waals surface area contributed by atoms with E-state index in [1.165, 1.54) is 0 Å². The largest absolute Gasteiger partial charge is 0.422 e. The molecule has 0 aliphatic heterocycles. The van der Waals surface area contributed by atoms with Gasteiger partial charge in [0.25, 0.3) is 0 Å². The number of fused-ring (bicyclic) bond motifs is 2. The van der Waals surface area contributed by atoms with Gasteiger partial charge in [-0.3, -0.25) is 0 Å². The highest BCUT2D eigenvalue weighted by Crippen LogP contribution is 2.46. The van der Waals surface area contributed by atoms with E-state index in [0.717, 1.165) is 43.8 Å². The Morgan fingerprint density at radius 1 is 0.352 bits per heavy atom. The van der Waals surface area contributed by atoms with Crippen molar-refractivity contribution in [2.45, 2.75) is 0 Å². The summed E-state index contributed by atoms with van der Waals surface area (Å²) in [7, 11) is 0. The Balaban J connectivity index is 1.29. The molecule has 0 heterocycles. The van der Waals surface area contributed by atoms with Crippen molar-refractivity contribution >= 4 is 56.8 Å². The quantitative estimate of drug-likeness (QED) is 0.0652. The van der Waals surface area contributed by atoms with Crippen LogP contribution in [0.2, 0.25) is 0 Å². The molecule has 8 aromatic rings. The first-order chi connectivity index (χ1) is 26.6. The Bertz CT molecular complexity index is 2470. The monoisotopic (exact) mass is 698 g/mol. The van der Waals surface area contributed by atoms with Crippen LogP contribution in [0.3, 0.4) is 0 Å². The van der Waals surface area contributed by atoms with Crippen LogP contribution in [0.5, 0.6) is 11.5 Å². The van der Waals surface area contributed by atoms with Gasteiger partial charge in [-0.25, -0.2) is 9.59 Å². The van der Waals surface area contributed by atoms with Gasteiger partial charge in [0.05, 0.1) is 11.1 Å². The summed E-state index contributed by atoms with van der Waals surface area (Å²) in [5, 5.41) is 3.56. The number of hydrogen-bond donors (Lipinski definition) is 0. The standard InChI is InChI=1S/C50H34O4/c51-49(43(37-21-9-3-10-22-37)33-35-17-5-1-6-18-35)53-45-31-29-39-25-13-15-27-41(39)47(45)48-42-28-16-14-26-40(42)30-32-46(48)54-50(52)44(38-23-11-4-12-24-38)34-36-19-7-2-8-20-36/h1-34H/b43-33+,44-34+. The van der Waals surface area contributed by atoms with E-state index in [0.29, 0.717) is 33.8 Å². The topological polar surface area (TPSA) is 52.6 Å². The van der Waals surface area contributed by atoms with Crippen molar-refractivity contribution in [1.29, 1.82) is 0 Å². The van der Waals surface area contributed by atoms with Crippen LogP contribution in [0.4, 0.5) is 0 Å². The molecule has 0 bridgehead atoms. The first kappa shape index (κ1) is 33.8. The van der Waals surface area contributed by atoms with Crippen LogP contribution < -0.4 is 9.47 Å². The van der Waals surface area contributed by atoms with Gasteiger partial charge in [-0.15, -0.1) is 0 Å². The fraction of sp³-hybridized carbons (Fsp3) is 0. The van der Waals surface area contributed by atoms with E-state index < -0.39 is 11.9 Å². The van der Waals surface area contributed by atoms with Crippen LogP contribution in [-0.4, -0.2) is 11.9 Å². The van der Waals surface area contributed by atoms with Gasteiger partial charge in [0.2, 0.25) is 0 Å². The van der Waals surface area contributed by atoms with Crippen molar-refractivity contribution in [1.82, 2.24) is 0 Å². The van der Waals surface area contributed by atoms with E-state index in [4.69, 9.17) is 9.47 Å². The number of hydrogen-bond acceptors (Lipinski definition) is 4. The molecule has 0 N–H and O–H groups in total. The molecule has 258 valence electrons. The Hall–Kier alpha value is -7.30. The Kier molecular flexibility index (Phi) is 9.72. The summed E-state index contributed by atoms with van der Waals surface area (Å²) in [6.07, 6.45) is 3.68. The highest BCUT2D eigenvalue weighted by Gasteiger charge is 2.25. The predicted molar refractivity (Wildman–Crippen MR) is 220 cm³/mol. The molecule has 0 unspecified atom stereocenters. The lowest BCUT2D eigenvalue weighted by molar-refractivity contribution is -0.128. The molecule has 0 atom stereocenters. The molecule has 0 spiro atoms. The van der Waals surface area contributed by atoms with E-state index >= 15 is 0 Å². The van der Waals surface area contributed by atoms with Gasteiger partial charge in [-0.05, 0) is 68.1 Å². The third kappa shape index (κ3) is 7.22. The molecule has 0 aliphatic rings. The molecule has 0 saturated heterocycles. The van der Waals surface area contributed by atoms with Crippen LogP contribution in [-0.2, 0) is 9.59 Å². The lowest BCUT2D eigenvalue weighted by Crippen LogP contribution is -2.13. The van der Waals surface area contributed by atoms with Crippen molar-refractivity contribution in [2.24, 2.45) is 0 Å². The fourth-order valence-corrected chi connectivity index (χ4v) is 6.69. The molecule has 8 aromatic carbocycles. The van der Waals surface area contributed by atoms with E-state index in [-0.39, 0.29) is 0 Å². The van der Waals surface area contributed by atoms with Gasteiger partial charge in [0, 0.05) is 11.1 Å². The summed E-state index contributed by atoms with van der Waals surface area (Å²) < 4.78 is 12.9. The lowest BCUT2D eigenvalue weighted by atomic mass is 9.92. The second-order valence-electron chi connectivity index (χ2n) is 12.8. The molecule has 0 radical (unpaired) electrons. The van der Waals surface area contributed by atoms with Gasteiger partial charge in [-0.2, -0.15) is 0 Å². The van der Waals surface area contributed by atoms with Gasteiger partial charge in [0.15, 0.2) is 0 Å². The van der Waals surface area contributed by atoms with E-state index in [1.54, 1.807) is 0 Å². The number of esters is 2. The highest BCUT2D eigenvalue weighted by molar-refractivity contribution is 6.24. The zero-order chi connectivity index (χ0) is 36.7. The maximum atomic E-state index is 14.4. The summed E-state index contributed by atoms with van der Waals surface area (Å²) in [5.41, 5.74) is 5.29. The second-order valence-corrected chi connectivity index (χ2v) is 12.8. The summed E-state index contributed by atoms with van der Waals surface area (Å²) in [6, 6.07) is 61.8. The van der Waals surface area contributed by atoms with Crippen molar-refractivity contribution in [3.05, 3.63) is 216 Å². The molecule has 0 amide bonds. The van der Waals surface area contributed by atoms with Gasteiger partial charge in [0.1, 0.15) is 11.5 Å². The highest BCUT2D eigenvalue weighted by atomic mass is 16.5. The minimum atomic E-state index is -0.516.